The zero-order valence-electron chi connectivity index (χ0n) is 10.5. The first-order chi connectivity index (χ1) is 9.19. The SMILES string of the molecule is CCc1cnccc1C(NN)c1c(F)cccc1F. The number of aromatic nitrogens is 1. The molecule has 1 unspecified atom stereocenters. The fourth-order valence-electron chi connectivity index (χ4n) is 2.13. The summed E-state index contributed by atoms with van der Waals surface area (Å²) < 4.78 is 27.7. The van der Waals surface area contributed by atoms with Crippen LogP contribution in [0, 0.1) is 11.6 Å². The lowest BCUT2D eigenvalue weighted by Crippen LogP contribution is -2.31. The third-order valence-electron chi connectivity index (χ3n) is 3.09. The molecule has 100 valence electrons. The molecule has 1 aromatic carbocycles. The zero-order valence-corrected chi connectivity index (χ0v) is 10.5. The molecule has 0 aliphatic carbocycles. The van der Waals surface area contributed by atoms with Crippen molar-refractivity contribution in [3.8, 4) is 0 Å². The van der Waals surface area contributed by atoms with E-state index >= 15 is 0 Å². The maximum atomic E-state index is 13.9. The average molecular weight is 263 g/mol. The van der Waals surface area contributed by atoms with Crippen molar-refractivity contribution in [1.82, 2.24) is 10.4 Å². The van der Waals surface area contributed by atoms with Gasteiger partial charge in [0.2, 0.25) is 0 Å². The molecule has 0 fully saturated rings. The minimum Gasteiger partial charge on any atom is -0.271 e. The van der Waals surface area contributed by atoms with E-state index in [1.807, 2.05) is 6.92 Å². The van der Waals surface area contributed by atoms with Gasteiger partial charge in [0.15, 0.2) is 0 Å². The van der Waals surface area contributed by atoms with Crippen LogP contribution in [0.2, 0.25) is 0 Å². The number of nitrogens with two attached hydrogens (primary N) is 1. The van der Waals surface area contributed by atoms with E-state index in [-0.39, 0.29) is 5.56 Å². The first-order valence-corrected chi connectivity index (χ1v) is 6.01. The van der Waals surface area contributed by atoms with Crippen LogP contribution in [-0.4, -0.2) is 4.98 Å². The minimum absolute atomic E-state index is 0.0779. The lowest BCUT2D eigenvalue weighted by molar-refractivity contribution is 0.509. The predicted molar refractivity (Wildman–Crippen MR) is 69.1 cm³/mol. The lowest BCUT2D eigenvalue weighted by atomic mass is 9.94. The van der Waals surface area contributed by atoms with Crippen LogP contribution >= 0.6 is 0 Å². The van der Waals surface area contributed by atoms with E-state index < -0.39 is 17.7 Å². The van der Waals surface area contributed by atoms with Gasteiger partial charge in [0.25, 0.3) is 0 Å². The molecule has 0 spiro atoms. The number of rotatable bonds is 4. The van der Waals surface area contributed by atoms with Gasteiger partial charge >= 0.3 is 0 Å². The summed E-state index contributed by atoms with van der Waals surface area (Å²) in [5, 5.41) is 0. The molecular formula is C14H15F2N3. The Balaban J connectivity index is 2.57. The normalized spacial score (nSPS) is 12.4. The predicted octanol–water partition coefficient (Wildman–Crippen LogP) is 2.47. The van der Waals surface area contributed by atoms with Crippen molar-refractivity contribution < 1.29 is 8.78 Å². The van der Waals surface area contributed by atoms with Gasteiger partial charge in [-0.3, -0.25) is 10.8 Å². The summed E-state index contributed by atoms with van der Waals surface area (Å²) in [6.45, 7) is 1.95. The van der Waals surface area contributed by atoms with Crippen LogP contribution in [-0.2, 0) is 6.42 Å². The third kappa shape index (κ3) is 2.62. The van der Waals surface area contributed by atoms with E-state index in [2.05, 4.69) is 10.4 Å². The minimum atomic E-state index is -0.737. The topological polar surface area (TPSA) is 50.9 Å². The number of hydrogen-bond donors (Lipinski definition) is 2. The number of halogens is 2. The van der Waals surface area contributed by atoms with Crippen molar-refractivity contribution in [1.29, 1.82) is 0 Å². The molecule has 0 bridgehead atoms. The van der Waals surface area contributed by atoms with Gasteiger partial charge < -0.3 is 0 Å². The quantitative estimate of drug-likeness (QED) is 0.658. The highest BCUT2D eigenvalue weighted by Crippen LogP contribution is 2.28. The molecule has 3 N–H and O–H groups in total. The Kier molecular flexibility index (Phi) is 4.19. The van der Waals surface area contributed by atoms with Crippen molar-refractivity contribution in [2.45, 2.75) is 19.4 Å². The summed E-state index contributed by atoms with van der Waals surface area (Å²) in [5.74, 6) is 4.25. The molecule has 3 nitrogen and oxygen atoms in total. The molecule has 0 radical (unpaired) electrons. The van der Waals surface area contributed by atoms with Crippen LogP contribution in [0.25, 0.3) is 0 Å². The van der Waals surface area contributed by atoms with Crippen LogP contribution in [0.4, 0.5) is 8.78 Å². The largest absolute Gasteiger partial charge is 0.271 e. The van der Waals surface area contributed by atoms with Crippen molar-refractivity contribution in [3.05, 3.63) is 65.0 Å². The molecule has 1 aromatic heterocycles. The Labute approximate surface area is 110 Å². The van der Waals surface area contributed by atoms with Crippen LogP contribution in [0.5, 0.6) is 0 Å². The van der Waals surface area contributed by atoms with Gasteiger partial charge in [0.05, 0.1) is 6.04 Å². The molecule has 0 aliphatic heterocycles. The standard InChI is InChI=1S/C14H15F2N3/c1-2-9-8-18-7-6-10(9)14(19-17)13-11(15)4-3-5-12(13)16/h3-8,14,19H,2,17H2,1H3. The first-order valence-electron chi connectivity index (χ1n) is 6.01. The first kappa shape index (κ1) is 13.6. The van der Waals surface area contributed by atoms with Gasteiger partial charge in [-0.1, -0.05) is 13.0 Å². The molecule has 2 rings (SSSR count). The van der Waals surface area contributed by atoms with Crippen LogP contribution in [0.1, 0.15) is 29.7 Å². The second kappa shape index (κ2) is 5.86. The summed E-state index contributed by atoms with van der Waals surface area (Å²) in [4.78, 5) is 4.02. The molecular weight excluding hydrogens is 248 g/mol. The molecule has 1 heterocycles. The van der Waals surface area contributed by atoms with Gasteiger partial charge in [0, 0.05) is 18.0 Å². The van der Waals surface area contributed by atoms with Crippen LogP contribution in [0.3, 0.4) is 0 Å². The van der Waals surface area contributed by atoms with Crippen molar-refractivity contribution in [2.75, 3.05) is 0 Å². The van der Waals surface area contributed by atoms with Crippen LogP contribution in [0.15, 0.2) is 36.7 Å². The summed E-state index contributed by atoms with van der Waals surface area (Å²) >= 11 is 0. The van der Waals surface area contributed by atoms with Gasteiger partial charge in [0.1, 0.15) is 11.6 Å². The van der Waals surface area contributed by atoms with E-state index in [0.29, 0.717) is 6.42 Å². The summed E-state index contributed by atoms with van der Waals surface area (Å²) in [5.41, 5.74) is 4.03. The summed E-state index contributed by atoms with van der Waals surface area (Å²) in [6, 6.07) is 4.74. The highest BCUT2D eigenvalue weighted by Gasteiger charge is 2.22. The fraction of sp³-hybridized carbons (Fsp3) is 0.214. The number of pyridine rings is 1. The average Bonchev–Trinajstić information content (AvgIpc) is 2.43. The van der Waals surface area contributed by atoms with Gasteiger partial charge in [-0.25, -0.2) is 14.2 Å². The Morgan fingerprint density at radius 2 is 1.95 bits per heavy atom. The number of hydrazine groups is 1. The van der Waals surface area contributed by atoms with Crippen molar-refractivity contribution >= 4 is 0 Å². The van der Waals surface area contributed by atoms with E-state index in [1.165, 1.54) is 18.2 Å². The third-order valence-corrected chi connectivity index (χ3v) is 3.09. The van der Waals surface area contributed by atoms with Gasteiger partial charge in [-0.05, 0) is 35.7 Å². The molecule has 2 aromatic rings. The number of aryl methyl sites for hydroxylation is 1. The molecule has 5 heteroatoms. The number of nitrogens with one attached hydrogen (secondary N) is 1. The molecule has 0 aliphatic rings. The number of benzene rings is 1. The van der Waals surface area contributed by atoms with E-state index in [9.17, 15) is 8.78 Å². The summed E-state index contributed by atoms with van der Waals surface area (Å²) in [7, 11) is 0. The molecule has 0 amide bonds. The van der Waals surface area contributed by atoms with E-state index in [0.717, 1.165) is 11.1 Å². The van der Waals surface area contributed by atoms with Gasteiger partial charge in [-0.2, -0.15) is 0 Å². The van der Waals surface area contributed by atoms with Crippen LogP contribution < -0.4 is 11.3 Å². The van der Waals surface area contributed by atoms with Gasteiger partial charge in [-0.15, -0.1) is 0 Å². The second-order valence-electron chi connectivity index (χ2n) is 4.16. The highest BCUT2D eigenvalue weighted by atomic mass is 19.1. The second-order valence-corrected chi connectivity index (χ2v) is 4.16. The van der Waals surface area contributed by atoms with Crippen molar-refractivity contribution in [2.24, 2.45) is 5.84 Å². The maximum absolute atomic E-state index is 13.9. The Morgan fingerprint density at radius 3 is 2.53 bits per heavy atom. The Morgan fingerprint density at radius 1 is 1.26 bits per heavy atom. The fourth-order valence-corrected chi connectivity index (χ4v) is 2.13. The monoisotopic (exact) mass is 263 g/mol. The molecule has 19 heavy (non-hydrogen) atoms. The van der Waals surface area contributed by atoms with E-state index in [1.54, 1.807) is 18.5 Å². The summed E-state index contributed by atoms with van der Waals surface area (Å²) in [6.07, 6.45) is 3.97. The highest BCUT2D eigenvalue weighted by molar-refractivity contribution is 5.37. The number of hydrogen-bond acceptors (Lipinski definition) is 3. The van der Waals surface area contributed by atoms with Crippen molar-refractivity contribution in [3.63, 3.8) is 0 Å². The lowest BCUT2D eigenvalue weighted by Gasteiger charge is -2.20. The Hall–Kier alpha value is -1.85. The molecule has 0 saturated heterocycles. The zero-order chi connectivity index (χ0) is 13.8. The smallest absolute Gasteiger partial charge is 0.131 e. The maximum Gasteiger partial charge on any atom is 0.131 e. The van der Waals surface area contributed by atoms with E-state index in [4.69, 9.17) is 5.84 Å². The number of nitrogens with zero attached hydrogens (tertiary/aromatic N) is 1. The molecule has 1 atom stereocenters. The molecule has 0 saturated carbocycles. The Bertz CT molecular complexity index is 552.